The van der Waals surface area contributed by atoms with Crippen molar-refractivity contribution in [3.05, 3.63) is 59.3 Å². The first-order valence-corrected chi connectivity index (χ1v) is 9.03. The van der Waals surface area contributed by atoms with E-state index >= 15 is 0 Å². The molecular weight excluding hydrogens is 420 g/mol. The van der Waals surface area contributed by atoms with Crippen LogP contribution < -0.4 is 4.90 Å². The van der Waals surface area contributed by atoms with Crippen LogP contribution in [0.3, 0.4) is 0 Å². The van der Waals surface area contributed by atoms with Crippen molar-refractivity contribution in [1.29, 1.82) is 5.26 Å². The quantitative estimate of drug-likeness (QED) is 0.375. The number of anilines is 1. The number of alkyl halides is 3. The van der Waals surface area contributed by atoms with Crippen molar-refractivity contribution in [1.82, 2.24) is 9.88 Å². The van der Waals surface area contributed by atoms with Crippen LogP contribution in [0.4, 0.5) is 23.2 Å². The fraction of sp³-hybridized carbons (Fsp3) is 0.300. The van der Waals surface area contributed by atoms with Crippen molar-refractivity contribution in [3.63, 3.8) is 0 Å². The molecule has 2 heterocycles. The normalized spacial score (nSPS) is 17.4. The molecule has 1 aliphatic rings. The minimum atomic E-state index is -4.85. The van der Waals surface area contributed by atoms with Crippen molar-refractivity contribution in [2.75, 3.05) is 4.90 Å². The van der Waals surface area contributed by atoms with E-state index in [2.05, 4.69) is 11.6 Å². The van der Waals surface area contributed by atoms with E-state index in [0.29, 0.717) is 6.07 Å². The van der Waals surface area contributed by atoms with Gasteiger partial charge in [0.2, 0.25) is 0 Å². The maximum Gasteiger partial charge on any atom is 0.419 e. The van der Waals surface area contributed by atoms with Gasteiger partial charge in [0.15, 0.2) is 10.8 Å². The molecule has 1 saturated heterocycles. The molecule has 0 N–H and O–H groups in total. The SMILES string of the molecule is C=C(C)/C(F)=C\C(=C/C)N1C(=S)N(c2cnc(C#N)c(C(F)(F)F)c2)C(=O)C1(C)C. The van der Waals surface area contributed by atoms with Gasteiger partial charge in [-0.25, -0.2) is 9.37 Å². The Morgan fingerprint density at radius 3 is 2.47 bits per heavy atom. The van der Waals surface area contributed by atoms with Crippen LogP contribution in [0.5, 0.6) is 0 Å². The van der Waals surface area contributed by atoms with E-state index in [4.69, 9.17) is 17.5 Å². The average Bonchev–Trinajstić information content (AvgIpc) is 2.83. The Morgan fingerprint density at radius 1 is 1.40 bits per heavy atom. The van der Waals surface area contributed by atoms with Crippen molar-refractivity contribution in [2.24, 2.45) is 0 Å². The predicted octanol–water partition coefficient (Wildman–Crippen LogP) is 5.02. The number of nitrogens with zero attached hydrogens (tertiary/aromatic N) is 4. The minimum absolute atomic E-state index is 0.150. The number of amides is 1. The van der Waals surface area contributed by atoms with Gasteiger partial charge in [0.25, 0.3) is 5.91 Å². The Hall–Kier alpha value is -3.06. The van der Waals surface area contributed by atoms with Gasteiger partial charge in [-0.1, -0.05) is 12.7 Å². The van der Waals surface area contributed by atoms with Crippen LogP contribution >= 0.6 is 12.2 Å². The lowest BCUT2D eigenvalue weighted by Gasteiger charge is -2.30. The summed E-state index contributed by atoms with van der Waals surface area (Å²) < 4.78 is 54.1. The summed E-state index contributed by atoms with van der Waals surface area (Å²) in [7, 11) is 0. The summed E-state index contributed by atoms with van der Waals surface area (Å²) in [5.74, 6) is -1.26. The molecule has 5 nitrogen and oxygen atoms in total. The van der Waals surface area contributed by atoms with Crippen LogP contribution in [-0.2, 0) is 11.0 Å². The Labute approximate surface area is 176 Å². The number of nitriles is 1. The number of pyridine rings is 1. The van der Waals surface area contributed by atoms with Gasteiger partial charge in [-0.2, -0.15) is 18.4 Å². The molecule has 0 saturated carbocycles. The molecule has 1 aliphatic heterocycles. The van der Waals surface area contributed by atoms with Crippen LogP contribution in [0, 0.1) is 11.3 Å². The third kappa shape index (κ3) is 3.98. The predicted molar refractivity (Wildman–Crippen MR) is 108 cm³/mol. The summed E-state index contributed by atoms with van der Waals surface area (Å²) in [6.07, 6.45) is -1.22. The molecule has 1 fully saturated rings. The van der Waals surface area contributed by atoms with Crippen LogP contribution in [0.15, 0.2) is 48.1 Å². The molecule has 0 spiro atoms. The number of aromatic nitrogens is 1. The van der Waals surface area contributed by atoms with E-state index in [9.17, 15) is 22.4 Å². The molecule has 0 atom stereocenters. The number of allylic oxidation sites excluding steroid dienone is 4. The molecule has 1 aromatic heterocycles. The van der Waals surface area contributed by atoms with E-state index in [1.807, 2.05) is 0 Å². The highest BCUT2D eigenvalue weighted by molar-refractivity contribution is 7.80. The fourth-order valence-electron chi connectivity index (χ4n) is 2.87. The maximum atomic E-state index is 14.2. The summed E-state index contributed by atoms with van der Waals surface area (Å²) in [6, 6.07) is 2.03. The third-order valence-electron chi connectivity index (χ3n) is 4.45. The summed E-state index contributed by atoms with van der Waals surface area (Å²) in [4.78, 5) is 18.8. The first-order valence-electron chi connectivity index (χ1n) is 8.62. The molecule has 158 valence electrons. The Morgan fingerprint density at radius 2 is 2.00 bits per heavy atom. The zero-order chi connectivity index (χ0) is 23.0. The summed E-state index contributed by atoms with van der Waals surface area (Å²) >= 11 is 5.37. The highest BCUT2D eigenvalue weighted by Gasteiger charge is 2.51. The average molecular weight is 438 g/mol. The highest BCUT2D eigenvalue weighted by atomic mass is 32.1. The molecule has 1 aromatic rings. The number of halogens is 4. The highest BCUT2D eigenvalue weighted by Crippen LogP contribution is 2.38. The lowest BCUT2D eigenvalue weighted by molar-refractivity contribution is -0.138. The van der Waals surface area contributed by atoms with Crippen LogP contribution in [0.25, 0.3) is 0 Å². The topological polar surface area (TPSA) is 60.2 Å². The first kappa shape index (κ1) is 23.2. The van der Waals surface area contributed by atoms with Crippen molar-refractivity contribution in [3.8, 4) is 6.07 Å². The Kier molecular flexibility index (Phi) is 6.18. The largest absolute Gasteiger partial charge is 0.419 e. The zero-order valence-corrected chi connectivity index (χ0v) is 17.5. The molecule has 0 radical (unpaired) electrons. The number of hydrogen-bond acceptors (Lipinski definition) is 4. The van der Waals surface area contributed by atoms with E-state index in [1.54, 1.807) is 6.92 Å². The van der Waals surface area contributed by atoms with Gasteiger partial charge in [-0.3, -0.25) is 9.69 Å². The molecule has 0 bridgehead atoms. The second-order valence-corrected chi connectivity index (χ2v) is 7.37. The van der Waals surface area contributed by atoms with Crippen molar-refractivity contribution < 1.29 is 22.4 Å². The number of hydrogen-bond donors (Lipinski definition) is 0. The van der Waals surface area contributed by atoms with Gasteiger partial charge >= 0.3 is 6.18 Å². The maximum absolute atomic E-state index is 14.2. The summed E-state index contributed by atoms with van der Waals surface area (Å²) in [6.45, 7) is 9.61. The molecular formula is C20H18F4N4OS. The van der Waals surface area contributed by atoms with Gasteiger partial charge in [0.1, 0.15) is 17.4 Å². The molecule has 10 heteroatoms. The van der Waals surface area contributed by atoms with E-state index in [1.165, 1.54) is 37.8 Å². The number of carbonyl (C=O) groups excluding carboxylic acids is 1. The number of carbonyl (C=O) groups is 1. The van der Waals surface area contributed by atoms with Crippen molar-refractivity contribution >= 4 is 28.9 Å². The van der Waals surface area contributed by atoms with Crippen LogP contribution in [0.1, 0.15) is 39.0 Å². The molecule has 0 unspecified atom stereocenters. The fourth-order valence-corrected chi connectivity index (χ4v) is 3.39. The first-order chi connectivity index (χ1) is 13.8. The van der Waals surface area contributed by atoms with Gasteiger partial charge in [-0.15, -0.1) is 0 Å². The molecule has 2 rings (SSSR count). The monoisotopic (exact) mass is 438 g/mol. The van der Waals surface area contributed by atoms with Crippen LogP contribution in [-0.4, -0.2) is 26.4 Å². The molecule has 30 heavy (non-hydrogen) atoms. The zero-order valence-electron chi connectivity index (χ0n) is 16.6. The minimum Gasteiger partial charge on any atom is -0.304 e. The summed E-state index contributed by atoms with van der Waals surface area (Å²) in [5.41, 5.74) is -3.27. The van der Waals surface area contributed by atoms with Crippen molar-refractivity contribution in [2.45, 2.75) is 39.4 Å². The third-order valence-corrected chi connectivity index (χ3v) is 4.81. The van der Waals surface area contributed by atoms with Crippen LogP contribution in [0.2, 0.25) is 0 Å². The molecule has 1 amide bonds. The Bertz CT molecular complexity index is 1030. The molecule has 0 aromatic carbocycles. The second-order valence-electron chi connectivity index (χ2n) is 7.00. The smallest absolute Gasteiger partial charge is 0.304 e. The van der Waals surface area contributed by atoms with Gasteiger partial charge in [0, 0.05) is 5.70 Å². The molecule has 0 aliphatic carbocycles. The van der Waals surface area contributed by atoms with E-state index < -0.39 is 34.7 Å². The van der Waals surface area contributed by atoms with Gasteiger partial charge in [0.05, 0.1) is 17.4 Å². The number of rotatable bonds is 4. The van der Waals surface area contributed by atoms with E-state index in [-0.39, 0.29) is 22.1 Å². The second kappa shape index (κ2) is 7.99. The standard InChI is InChI=1S/C20H18F4N4OS/c1-6-12(8-15(21)11(2)3)28-18(30)27(17(29)19(28,4)5)13-7-14(20(22,23)24)16(9-25)26-10-13/h6-8,10H,2H2,1,3-5H3/b12-6+,15-8+. The van der Waals surface area contributed by atoms with E-state index in [0.717, 1.165) is 17.2 Å². The number of thiocarbonyl (C=S) groups is 1. The van der Waals surface area contributed by atoms with Gasteiger partial charge in [-0.05, 0) is 57.6 Å². The summed E-state index contributed by atoms with van der Waals surface area (Å²) in [5, 5.41) is 8.77. The lowest BCUT2D eigenvalue weighted by atomic mass is 10.0. The van der Waals surface area contributed by atoms with Gasteiger partial charge < -0.3 is 4.90 Å². The Balaban J connectivity index is 2.62. The lowest BCUT2D eigenvalue weighted by Crippen LogP contribution is -2.43.